The maximum atomic E-state index is 2.59. The predicted molar refractivity (Wildman–Crippen MR) is 278 cm³/mol. The number of hydrogen-bond acceptors (Lipinski definition) is 2. The third-order valence-corrected chi connectivity index (χ3v) is 14.5. The van der Waals surface area contributed by atoms with Crippen LogP contribution in [-0.4, -0.2) is 6.71 Å². The first-order chi connectivity index (χ1) is 31.5. The molecule has 0 fully saturated rings. The zero-order valence-electron chi connectivity index (χ0n) is 38.2. The van der Waals surface area contributed by atoms with E-state index in [9.17, 15) is 0 Å². The Bertz CT molecular complexity index is 3180. The summed E-state index contributed by atoms with van der Waals surface area (Å²) in [7, 11) is 0. The van der Waals surface area contributed by atoms with Crippen molar-refractivity contribution in [3.05, 3.63) is 239 Å². The molecule has 3 heteroatoms. The lowest BCUT2D eigenvalue weighted by atomic mass is 9.33. The van der Waals surface area contributed by atoms with Crippen LogP contribution in [0.4, 0.5) is 34.1 Å². The fraction of sp³-hybridized carbons (Fsp3) is 0.161. The monoisotopic (exact) mass is 836 g/mol. The second kappa shape index (κ2) is 14.7. The average Bonchev–Trinajstić information content (AvgIpc) is 3.32. The van der Waals surface area contributed by atoms with Gasteiger partial charge in [0.1, 0.15) is 0 Å². The molecule has 2 heterocycles. The first-order valence-electron chi connectivity index (χ1n) is 23.4. The zero-order valence-corrected chi connectivity index (χ0v) is 38.2. The molecule has 2 aliphatic heterocycles. The Morgan fingerprint density at radius 2 is 1.03 bits per heavy atom. The van der Waals surface area contributed by atoms with Crippen molar-refractivity contribution in [1.82, 2.24) is 0 Å². The molecule has 2 atom stereocenters. The molecule has 314 valence electrons. The molecule has 12 rings (SSSR count). The van der Waals surface area contributed by atoms with Crippen molar-refractivity contribution in [3.63, 3.8) is 0 Å². The highest BCUT2D eigenvalue weighted by atomic mass is 15.2. The highest BCUT2D eigenvalue weighted by Crippen LogP contribution is 2.53. The Kier molecular flexibility index (Phi) is 8.95. The van der Waals surface area contributed by atoms with Crippen molar-refractivity contribution in [3.8, 4) is 0 Å². The third kappa shape index (κ3) is 6.31. The fourth-order valence-corrected chi connectivity index (χ4v) is 11.3. The first-order valence-corrected chi connectivity index (χ1v) is 23.4. The fourth-order valence-electron chi connectivity index (χ4n) is 11.3. The second-order valence-corrected chi connectivity index (χ2v) is 20.5. The van der Waals surface area contributed by atoms with Crippen LogP contribution in [-0.2, 0) is 10.8 Å². The van der Waals surface area contributed by atoms with E-state index in [1.807, 2.05) is 0 Å². The molecule has 0 aromatic heterocycles. The van der Waals surface area contributed by atoms with Gasteiger partial charge in [0.05, 0.1) is 0 Å². The maximum Gasteiger partial charge on any atom is 0.252 e. The minimum absolute atomic E-state index is 0.0288. The van der Waals surface area contributed by atoms with Gasteiger partial charge in [0.2, 0.25) is 0 Å². The molecule has 0 bridgehead atoms. The van der Waals surface area contributed by atoms with Crippen LogP contribution in [0.2, 0.25) is 0 Å². The SMILES string of the molecule is CC(C)(C)c1ccc2c(c1)N(c1ccccc1)c1cc(C3c4ccccc4C(c4ccc5ccccc5c4)=C4C=CC=CC43)cc3c1B2c1ccc(C(C)(C)C)cc1N3c1ccccc1. The Morgan fingerprint density at radius 1 is 0.477 bits per heavy atom. The molecule has 4 aliphatic rings. The van der Waals surface area contributed by atoms with Gasteiger partial charge in [-0.2, -0.15) is 0 Å². The largest absolute Gasteiger partial charge is 0.311 e. The Morgan fingerprint density at radius 3 is 1.63 bits per heavy atom. The molecular formula is C62H53BN2. The summed E-state index contributed by atoms with van der Waals surface area (Å²) < 4.78 is 0. The van der Waals surface area contributed by atoms with Crippen LogP contribution in [0.3, 0.4) is 0 Å². The van der Waals surface area contributed by atoms with Crippen LogP contribution in [0.25, 0.3) is 16.3 Å². The number of fused-ring (bicyclic) bond motifs is 7. The van der Waals surface area contributed by atoms with Crippen LogP contribution in [0.1, 0.15) is 80.8 Å². The molecule has 0 amide bonds. The van der Waals surface area contributed by atoms with Crippen LogP contribution in [0.5, 0.6) is 0 Å². The molecule has 2 aliphatic carbocycles. The van der Waals surface area contributed by atoms with Crippen LogP contribution < -0.4 is 26.2 Å². The van der Waals surface area contributed by atoms with Gasteiger partial charge in [0, 0.05) is 46.0 Å². The smallest absolute Gasteiger partial charge is 0.252 e. The number of hydrogen-bond donors (Lipinski definition) is 0. The highest BCUT2D eigenvalue weighted by molar-refractivity contribution is 7.00. The predicted octanol–water partition coefficient (Wildman–Crippen LogP) is 14.2. The minimum Gasteiger partial charge on any atom is -0.311 e. The molecule has 0 saturated heterocycles. The van der Waals surface area contributed by atoms with Gasteiger partial charge in [0.15, 0.2) is 0 Å². The third-order valence-electron chi connectivity index (χ3n) is 14.5. The Hall–Kier alpha value is -7.10. The molecule has 0 N–H and O–H groups in total. The average molecular weight is 837 g/mol. The van der Waals surface area contributed by atoms with E-state index in [0.717, 1.165) is 0 Å². The van der Waals surface area contributed by atoms with Crippen molar-refractivity contribution in [2.75, 3.05) is 9.80 Å². The zero-order chi connectivity index (χ0) is 44.2. The van der Waals surface area contributed by atoms with Gasteiger partial charge in [-0.3, -0.25) is 0 Å². The highest BCUT2D eigenvalue weighted by Gasteiger charge is 2.46. The molecular weight excluding hydrogens is 784 g/mol. The minimum atomic E-state index is -0.0288. The van der Waals surface area contributed by atoms with Crippen LogP contribution in [0, 0.1) is 5.92 Å². The van der Waals surface area contributed by atoms with E-state index in [1.165, 1.54) is 106 Å². The second-order valence-electron chi connectivity index (χ2n) is 20.5. The summed E-state index contributed by atoms with van der Waals surface area (Å²) in [6.07, 6.45) is 9.36. The summed E-state index contributed by atoms with van der Waals surface area (Å²) in [5.41, 5.74) is 21.9. The van der Waals surface area contributed by atoms with Crippen LogP contribution in [0.15, 0.2) is 206 Å². The number of nitrogens with zero attached hydrogens (tertiary/aromatic N) is 2. The van der Waals surface area contributed by atoms with Crippen molar-refractivity contribution >= 4 is 73.6 Å². The summed E-state index contributed by atoms with van der Waals surface area (Å²) in [6.45, 7) is 14.0. The van der Waals surface area contributed by atoms with Gasteiger partial charge >= 0.3 is 0 Å². The lowest BCUT2D eigenvalue weighted by Crippen LogP contribution is -2.61. The van der Waals surface area contributed by atoms with E-state index in [1.54, 1.807) is 0 Å². The molecule has 8 aromatic rings. The van der Waals surface area contributed by atoms with E-state index in [0.29, 0.717) is 0 Å². The van der Waals surface area contributed by atoms with Crippen molar-refractivity contribution < 1.29 is 0 Å². The number of benzene rings is 8. The lowest BCUT2D eigenvalue weighted by Gasteiger charge is -2.46. The number of rotatable bonds is 4. The number of anilines is 6. The molecule has 0 saturated carbocycles. The van der Waals surface area contributed by atoms with Gasteiger partial charge in [-0.05, 0) is 137 Å². The van der Waals surface area contributed by atoms with Gasteiger partial charge < -0.3 is 9.80 Å². The van der Waals surface area contributed by atoms with Gasteiger partial charge in [0.25, 0.3) is 6.71 Å². The number of para-hydroxylation sites is 2. The lowest BCUT2D eigenvalue weighted by molar-refractivity contribution is 0.590. The van der Waals surface area contributed by atoms with E-state index in [-0.39, 0.29) is 29.4 Å². The van der Waals surface area contributed by atoms with Gasteiger partial charge in [-0.25, -0.2) is 0 Å². The van der Waals surface area contributed by atoms with E-state index in [4.69, 9.17) is 0 Å². The Balaban J connectivity index is 1.17. The molecule has 2 unspecified atom stereocenters. The van der Waals surface area contributed by atoms with E-state index in [2.05, 4.69) is 252 Å². The van der Waals surface area contributed by atoms with Crippen molar-refractivity contribution in [1.29, 1.82) is 0 Å². The Labute approximate surface area is 385 Å². The molecule has 0 radical (unpaired) electrons. The summed E-state index contributed by atoms with van der Waals surface area (Å²) in [5, 5.41) is 2.53. The standard InChI is InChI=1S/C62H53BN2/c1-61(2,3)44-31-33-52-54(38-44)64(46-21-9-7-10-22-46)56-36-43(37-57-60(56)63(52)53-34-32-45(62(4,5)6)39-55(53)65(57)47-23-11-8-12-24-47)59-50-27-17-15-25-48(50)58(49-26-16-18-28-51(49)59)42-30-29-40-19-13-14-20-41(40)35-42/h7-39,50,59H,1-6H3. The summed E-state index contributed by atoms with van der Waals surface area (Å²) >= 11 is 0. The maximum absolute atomic E-state index is 2.59. The van der Waals surface area contributed by atoms with Crippen LogP contribution >= 0.6 is 0 Å². The summed E-state index contributed by atoms with van der Waals surface area (Å²) in [6, 6.07) is 66.9. The molecule has 0 spiro atoms. The number of allylic oxidation sites excluding steroid dienone is 5. The summed E-state index contributed by atoms with van der Waals surface area (Å²) in [4.78, 5) is 5.17. The molecule has 8 aromatic carbocycles. The van der Waals surface area contributed by atoms with Crippen molar-refractivity contribution in [2.45, 2.75) is 58.3 Å². The topological polar surface area (TPSA) is 6.48 Å². The van der Waals surface area contributed by atoms with E-state index < -0.39 is 0 Å². The first kappa shape index (κ1) is 39.5. The molecule has 65 heavy (non-hydrogen) atoms. The van der Waals surface area contributed by atoms with Gasteiger partial charge in [-0.1, -0.05) is 187 Å². The quantitative estimate of drug-likeness (QED) is 0.163. The van der Waals surface area contributed by atoms with E-state index >= 15 is 0 Å². The summed E-state index contributed by atoms with van der Waals surface area (Å²) in [5.74, 6) is 0.186. The van der Waals surface area contributed by atoms with Gasteiger partial charge in [-0.15, -0.1) is 0 Å². The van der Waals surface area contributed by atoms with Crippen molar-refractivity contribution in [2.24, 2.45) is 5.92 Å². The molecule has 2 nitrogen and oxygen atoms in total. The normalized spacial score (nSPS) is 17.1.